The molecule has 1 saturated heterocycles. The van der Waals surface area contributed by atoms with Crippen LogP contribution in [0.3, 0.4) is 0 Å². The van der Waals surface area contributed by atoms with Gasteiger partial charge >= 0.3 is 0 Å². The van der Waals surface area contributed by atoms with Gasteiger partial charge in [0, 0.05) is 28.4 Å². The van der Waals surface area contributed by atoms with Crippen LogP contribution < -0.4 is 0 Å². The number of thiophene rings is 2. The average Bonchev–Trinajstić information content (AvgIpc) is 3.15. The Morgan fingerprint density at radius 1 is 1.21 bits per heavy atom. The van der Waals surface area contributed by atoms with Gasteiger partial charge in [0.25, 0.3) is 5.91 Å². The summed E-state index contributed by atoms with van der Waals surface area (Å²) >= 11 is 3.54. The monoisotopic (exact) mass is 289 g/mol. The number of likely N-dealkylation sites (tertiary alicyclic amines) is 1. The molecule has 1 aliphatic carbocycles. The minimum absolute atomic E-state index is 0.244. The Morgan fingerprint density at radius 3 is 2.89 bits per heavy atom. The second-order valence-electron chi connectivity index (χ2n) is 5.22. The molecule has 19 heavy (non-hydrogen) atoms. The van der Waals surface area contributed by atoms with E-state index in [4.69, 9.17) is 0 Å². The molecule has 0 aromatic carbocycles. The lowest BCUT2D eigenvalue weighted by atomic mass is 9.98. The highest BCUT2D eigenvalue weighted by Gasteiger charge is 2.25. The topological polar surface area (TPSA) is 20.3 Å². The summed E-state index contributed by atoms with van der Waals surface area (Å²) in [4.78, 5) is 18.2. The third kappa shape index (κ3) is 1.85. The first-order chi connectivity index (χ1) is 9.33. The van der Waals surface area contributed by atoms with Gasteiger partial charge in [-0.3, -0.25) is 4.79 Å². The second-order valence-corrected chi connectivity index (χ2v) is 7.27. The highest BCUT2D eigenvalue weighted by molar-refractivity contribution is 7.18. The van der Waals surface area contributed by atoms with Gasteiger partial charge < -0.3 is 4.90 Å². The van der Waals surface area contributed by atoms with Crippen LogP contribution in [0.5, 0.6) is 0 Å². The number of carbonyl (C=O) groups is 1. The fourth-order valence-corrected chi connectivity index (χ4v) is 5.19. The number of rotatable bonds is 1. The molecule has 2 aromatic heterocycles. The van der Waals surface area contributed by atoms with E-state index in [1.54, 1.807) is 11.3 Å². The number of nitrogens with zero attached hydrogens (tertiary/aromatic N) is 1. The van der Waals surface area contributed by atoms with Gasteiger partial charge in [-0.25, -0.2) is 0 Å². The predicted molar refractivity (Wildman–Crippen MR) is 80.2 cm³/mol. The molecular weight excluding hydrogens is 274 g/mol. The van der Waals surface area contributed by atoms with E-state index in [9.17, 15) is 4.79 Å². The maximum absolute atomic E-state index is 12.5. The van der Waals surface area contributed by atoms with Crippen molar-refractivity contribution in [3.8, 4) is 10.4 Å². The molecule has 0 N–H and O–H groups in total. The van der Waals surface area contributed by atoms with Crippen LogP contribution in [0.4, 0.5) is 0 Å². The van der Waals surface area contributed by atoms with Crippen LogP contribution in [0.25, 0.3) is 10.4 Å². The zero-order valence-electron chi connectivity index (χ0n) is 10.6. The number of hydrogen-bond donors (Lipinski definition) is 0. The summed E-state index contributed by atoms with van der Waals surface area (Å²) in [7, 11) is 0. The van der Waals surface area contributed by atoms with Crippen molar-refractivity contribution in [3.05, 3.63) is 32.8 Å². The first-order valence-electron chi connectivity index (χ1n) is 6.81. The van der Waals surface area contributed by atoms with Crippen LogP contribution in [0, 0.1) is 0 Å². The van der Waals surface area contributed by atoms with E-state index in [-0.39, 0.29) is 5.91 Å². The van der Waals surface area contributed by atoms with E-state index < -0.39 is 0 Å². The van der Waals surface area contributed by atoms with Gasteiger partial charge in [0.2, 0.25) is 0 Å². The summed E-state index contributed by atoms with van der Waals surface area (Å²) in [5.74, 6) is 0.244. The van der Waals surface area contributed by atoms with Gasteiger partial charge in [-0.1, -0.05) is 0 Å². The Kier molecular flexibility index (Phi) is 2.74. The van der Waals surface area contributed by atoms with Gasteiger partial charge in [0.1, 0.15) is 0 Å². The second kappa shape index (κ2) is 4.46. The summed E-state index contributed by atoms with van der Waals surface area (Å²) in [6.45, 7) is 1.87. The third-order valence-corrected chi connectivity index (χ3v) is 6.20. The molecule has 98 valence electrons. The van der Waals surface area contributed by atoms with Crippen molar-refractivity contribution in [2.75, 3.05) is 13.1 Å². The van der Waals surface area contributed by atoms with Crippen LogP contribution >= 0.6 is 22.7 Å². The maximum Gasteiger partial charge on any atom is 0.263 e. The summed E-state index contributed by atoms with van der Waals surface area (Å²) in [5.41, 5.74) is 2.75. The third-order valence-electron chi connectivity index (χ3n) is 4.02. The predicted octanol–water partition coefficient (Wildman–Crippen LogP) is 3.81. The largest absolute Gasteiger partial charge is 0.338 e. The van der Waals surface area contributed by atoms with Gasteiger partial charge in [-0.2, -0.15) is 0 Å². The Hall–Kier alpha value is -1.13. The summed E-state index contributed by atoms with van der Waals surface area (Å²) in [6.07, 6.45) is 4.54. The first-order valence-corrected chi connectivity index (χ1v) is 8.51. The molecule has 0 saturated carbocycles. The smallest absolute Gasteiger partial charge is 0.263 e. The standard InChI is InChI=1S/C15H15NOS2/c17-15(16-6-1-2-7-16)13-9-10-3-4-12-11(5-8-18-12)14(10)19-13/h5,8-9H,1-4,6-7H2. The molecule has 1 amide bonds. The highest BCUT2D eigenvalue weighted by atomic mass is 32.1. The lowest BCUT2D eigenvalue weighted by Gasteiger charge is -2.13. The molecule has 0 spiro atoms. The van der Waals surface area contributed by atoms with Gasteiger partial charge in [0.15, 0.2) is 0 Å². The van der Waals surface area contributed by atoms with E-state index in [2.05, 4.69) is 17.5 Å². The molecule has 2 aromatic rings. The number of aryl methyl sites for hydroxylation is 2. The molecule has 0 unspecified atom stereocenters. The highest BCUT2D eigenvalue weighted by Crippen LogP contribution is 2.42. The Labute approximate surface area is 120 Å². The van der Waals surface area contributed by atoms with Crippen molar-refractivity contribution < 1.29 is 4.79 Å². The Balaban J connectivity index is 1.72. The Morgan fingerprint density at radius 2 is 2.05 bits per heavy atom. The minimum atomic E-state index is 0.244. The molecule has 4 rings (SSSR count). The first kappa shape index (κ1) is 11.7. The lowest BCUT2D eigenvalue weighted by Crippen LogP contribution is -2.26. The maximum atomic E-state index is 12.5. The molecule has 4 heteroatoms. The number of amides is 1. The van der Waals surface area contributed by atoms with E-state index >= 15 is 0 Å². The molecule has 0 radical (unpaired) electrons. The van der Waals surface area contributed by atoms with Crippen molar-refractivity contribution in [2.24, 2.45) is 0 Å². The molecule has 1 aliphatic heterocycles. The molecule has 1 fully saturated rings. The normalized spacial score (nSPS) is 17.4. The lowest BCUT2D eigenvalue weighted by molar-refractivity contribution is 0.0797. The fourth-order valence-electron chi connectivity index (χ4n) is 3.01. The fraction of sp³-hybridized carbons (Fsp3) is 0.400. The molecule has 3 heterocycles. The molecular formula is C15H15NOS2. The molecule has 2 aliphatic rings. The number of fused-ring (bicyclic) bond motifs is 3. The van der Waals surface area contributed by atoms with E-state index in [1.165, 1.54) is 20.9 Å². The number of hydrogen-bond acceptors (Lipinski definition) is 3. The van der Waals surface area contributed by atoms with Crippen LogP contribution in [0.15, 0.2) is 17.5 Å². The van der Waals surface area contributed by atoms with Crippen LogP contribution in [-0.4, -0.2) is 23.9 Å². The molecule has 0 bridgehead atoms. The van der Waals surface area contributed by atoms with E-state index in [1.807, 2.05) is 16.2 Å². The summed E-state index contributed by atoms with van der Waals surface area (Å²) < 4.78 is 0. The van der Waals surface area contributed by atoms with Gasteiger partial charge in [-0.15, -0.1) is 22.7 Å². The van der Waals surface area contributed by atoms with Crippen LogP contribution in [0.1, 0.15) is 33.0 Å². The van der Waals surface area contributed by atoms with E-state index in [0.717, 1.165) is 43.6 Å². The van der Waals surface area contributed by atoms with Crippen LogP contribution in [0.2, 0.25) is 0 Å². The van der Waals surface area contributed by atoms with Crippen molar-refractivity contribution in [2.45, 2.75) is 25.7 Å². The Bertz CT molecular complexity index is 634. The SMILES string of the molecule is O=C(c1cc2c(s1)-c1ccsc1CC2)N1CCCC1. The average molecular weight is 289 g/mol. The van der Waals surface area contributed by atoms with E-state index in [0.29, 0.717) is 0 Å². The zero-order chi connectivity index (χ0) is 12.8. The van der Waals surface area contributed by atoms with Crippen molar-refractivity contribution in [3.63, 3.8) is 0 Å². The molecule has 0 atom stereocenters. The summed E-state index contributed by atoms with van der Waals surface area (Å²) in [5, 5.41) is 2.17. The quantitative estimate of drug-likeness (QED) is 0.781. The molecule has 2 nitrogen and oxygen atoms in total. The van der Waals surface area contributed by atoms with Crippen molar-refractivity contribution in [1.29, 1.82) is 0 Å². The summed E-state index contributed by atoms with van der Waals surface area (Å²) in [6, 6.07) is 4.35. The zero-order valence-corrected chi connectivity index (χ0v) is 12.3. The van der Waals surface area contributed by atoms with Crippen molar-refractivity contribution in [1.82, 2.24) is 4.90 Å². The minimum Gasteiger partial charge on any atom is -0.338 e. The van der Waals surface area contributed by atoms with Crippen LogP contribution in [-0.2, 0) is 12.8 Å². The van der Waals surface area contributed by atoms with Gasteiger partial charge in [0.05, 0.1) is 4.88 Å². The van der Waals surface area contributed by atoms with Crippen molar-refractivity contribution >= 4 is 28.6 Å². The van der Waals surface area contributed by atoms with Gasteiger partial charge in [-0.05, 0) is 48.8 Å². The number of carbonyl (C=O) groups excluding carboxylic acids is 1.